The molecule has 0 aromatic heterocycles. The summed E-state index contributed by atoms with van der Waals surface area (Å²) in [5, 5.41) is 3.55. The Balaban J connectivity index is 0.00000306. The van der Waals surface area contributed by atoms with E-state index in [9.17, 15) is 0 Å². The van der Waals surface area contributed by atoms with Crippen LogP contribution in [0.25, 0.3) is 0 Å². The van der Waals surface area contributed by atoms with Gasteiger partial charge in [0.15, 0.2) is 5.96 Å². The topological polar surface area (TPSA) is 46.1 Å². The van der Waals surface area contributed by atoms with Crippen molar-refractivity contribution in [1.82, 2.24) is 10.2 Å². The van der Waals surface area contributed by atoms with Crippen molar-refractivity contribution in [2.75, 3.05) is 33.4 Å². The van der Waals surface area contributed by atoms with E-state index in [4.69, 9.17) is 9.47 Å². The predicted octanol–water partition coefficient (Wildman–Crippen LogP) is 5.03. The van der Waals surface area contributed by atoms with Crippen molar-refractivity contribution in [2.24, 2.45) is 10.9 Å². The SMILES string of the molecule is CN=C(NCc1ccc(COC2CCOCC2)cc1)N1CCC(Cc2ccccc2)CC1.I. The fourth-order valence-corrected chi connectivity index (χ4v) is 4.62. The molecule has 0 bridgehead atoms. The second kappa shape index (κ2) is 13.9. The molecule has 1 N–H and O–H groups in total. The number of aliphatic imine (C=N–C) groups is 1. The third-order valence-electron chi connectivity index (χ3n) is 6.62. The van der Waals surface area contributed by atoms with E-state index in [1.165, 1.54) is 36.0 Å². The van der Waals surface area contributed by atoms with E-state index in [1.54, 1.807) is 0 Å². The third kappa shape index (κ3) is 8.26. The minimum absolute atomic E-state index is 0. The summed E-state index contributed by atoms with van der Waals surface area (Å²) in [6.07, 6.45) is 5.97. The molecule has 2 heterocycles. The van der Waals surface area contributed by atoms with Crippen molar-refractivity contribution in [2.45, 2.75) is 51.4 Å². The second-order valence-electron chi connectivity index (χ2n) is 8.96. The molecule has 33 heavy (non-hydrogen) atoms. The highest BCUT2D eigenvalue weighted by Gasteiger charge is 2.21. The number of hydrogen-bond donors (Lipinski definition) is 1. The Morgan fingerprint density at radius 1 is 0.939 bits per heavy atom. The minimum atomic E-state index is 0. The lowest BCUT2D eigenvalue weighted by Crippen LogP contribution is -2.45. The number of rotatable bonds is 7. The Morgan fingerprint density at radius 2 is 1.61 bits per heavy atom. The van der Waals surface area contributed by atoms with E-state index in [0.717, 1.165) is 57.6 Å². The van der Waals surface area contributed by atoms with Crippen molar-refractivity contribution in [3.63, 3.8) is 0 Å². The predicted molar refractivity (Wildman–Crippen MR) is 145 cm³/mol. The Morgan fingerprint density at radius 3 is 2.27 bits per heavy atom. The first-order chi connectivity index (χ1) is 15.8. The van der Waals surface area contributed by atoms with E-state index in [1.807, 2.05) is 7.05 Å². The van der Waals surface area contributed by atoms with Gasteiger partial charge in [-0.1, -0.05) is 54.6 Å². The molecule has 2 aromatic carbocycles. The Kier molecular flexibility index (Phi) is 11.0. The molecule has 0 amide bonds. The van der Waals surface area contributed by atoms with Crippen LogP contribution in [0.2, 0.25) is 0 Å². The van der Waals surface area contributed by atoms with Gasteiger partial charge >= 0.3 is 0 Å². The summed E-state index contributed by atoms with van der Waals surface area (Å²) in [6.45, 7) is 5.25. The highest BCUT2D eigenvalue weighted by molar-refractivity contribution is 14.0. The van der Waals surface area contributed by atoms with E-state index >= 15 is 0 Å². The molecule has 6 heteroatoms. The van der Waals surface area contributed by atoms with Gasteiger partial charge in [-0.3, -0.25) is 4.99 Å². The van der Waals surface area contributed by atoms with Gasteiger partial charge in [-0.15, -0.1) is 24.0 Å². The lowest BCUT2D eigenvalue weighted by molar-refractivity contribution is -0.0390. The molecule has 0 aliphatic carbocycles. The van der Waals surface area contributed by atoms with Crippen molar-refractivity contribution in [3.05, 3.63) is 71.3 Å². The highest BCUT2D eigenvalue weighted by Crippen LogP contribution is 2.22. The van der Waals surface area contributed by atoms with Gasteiger partial charge < -0.3 is 19.7 Å². The van der Waals surface area contributed by atoms with Crippen molar-refractivity contribution in [1.29, 1.82) is 0 Å². The molecule has 2 saturated heterocycles. The van der Waals surface area contributed by atoms with Gasteiger partial charge in [-0.2, -0.15) is 0 Å². The molecule has 0 unspecified atom stereocenters. The summed E-state index contributed by atoms with van der Waals surface area (Å²) in [5.41, 5.74) is 3.94. The zero-order valence-corrected chi connectivity index (χ0v) is 22.1. The number of likely N-dealkylation sites (tertiary alicyclic amines) is 1. The number of nitrogens with one attached hydrogen (secondary N) is 1. The van der Waals surface area contributed by atoms with Crippen LogP contribution in [0.4, 0.5) is 0 Å². The Bertz CT molecular complexity index is 830. The molecule has 4 rings (SSSR count). The Hall–Kier alpha value is -1.64. The maximum Gasteiger partial charge on any atom is 0.193 e. The zero-order valence-electron chi connectivity index (χ0n) is 19.7. The van der Waals surface area contributed by atoms with E-state index in [0.29, 0.717) is 12.7 Å². The molecule has 2 aliphatic rings. The smallest absolute Gasteiger partial charge is 0.193 e. The summed E-state index contributed by atoms with van der Waals surface area (Å²) in [7, 11) is 1.88. The first-order valence-electron chi connectivity index (χ1n) is 12.1. The molecular weight excluding hydrogens is 525 g/mol. The fraction of sp³-hybridized carbons (Fsp3) is 0.519. The molecule has 0 radical (unpaired) electrons. The summed E-state index contributed by atoms with van der Waals surface area (Å²) in [6, 6.07) is 19.6. The van der Waals surface area contributed by atoms with Crippen LogP contribution in [0, 0.1) is 5.92 Å². The standard InChI is InChI=1S/C27H37N3O2.HI/c1-28-27(30-15-11-23(12-16-30)19-22-5-3-2-4-6-22)29-20-24-7-9-25(10-8-24)21-32-26-13-17-31-18-14-26;/h2-10,23,26H,11-21H2,1H3,(H,28,29);1H. The summed E-state index contributed by atoms with van der Waals surface area (Å²) in [5.74, 6) is 1.78. The quantitative estimate of drug-likeness (QED) is 0.292. The molecule has 2 aromatic rings. The normalized spacial score (nSPS) is 18.1. The molecule has 2 aliphatic heterocycles. The number of benzene rings is 2. The lowest BCUT2D eigenvalue weighted by Gasteiger charge is -2.34. The molecule has 0 spiro atoms. The summed E-state index contributed by atoms with van der Waals surface area (Å²) >= 11 is 0. The number of hydrogen-bond acceptors (Lipinski definition) is 3. The van der Waals surface area contributed by atoms with Crippen LogP contribution in [0.3, 0.4) is 0 Å². The number of nitrogens with zero attached hydrogens (tertiary/aromatic N) is 2. The maximum absolute atomic E-state index is 6.03. The van der Waals surface area contributed by atoms with Gasteiger partial charge in [-0.05, 0) is 54.7 Å². The largest absolute Gasteiger partial charge is 0.381 e. The lowest BCUT2D eigenvalue weighted by atomic mass is 9.90. The summed E-state index contributed by atoms with van der Waals surface area (Å²) in [4.78, 5) is 6.94. The zero-order chi connectivity index (χ0) is 22.0. The average molecular weight is 564 g/mol. The van der Waals surface area contributed by atoms with Crippen LogP contribution in [0.15, 0.2) is 59.6 Å². The monoisotopic (exact) mass is 563 g/mol. The molecule has 5 nitrogen and oxygen atoms in total. The molecular formula is C27H38IN3O2. The van der Waals surface area contributed by atoms with Gasteiger partial charge in [-0.25, -0.2) is 0 Å². The maximum atomic E-state index is 6.03. The highest BCUT2D eigenvalue weighted by atomic mass is 127. The van der Waals surface area contributed by atoms with Gasteiger partial charge in [0, 0.05) is 39.9 Å². The third-order valence-corrected chi connectivity index (χ3v) is 6.62. The van der Waals surface area contributed by atoms with E-state index in [2.05, 4.69) is 69.8 Å². The van der Waals surface area contributed by atoms with Crippen LogP contribution < -0.4 is 5.32 Å². The average Bonchev–Trinajstić information content (AvgIpc) is 2.86. The first-order valence-corrected chi connectivity index (χ1v) is 12.1. The van der Waals surface area contributed by atoms with Crippen LogP contribution in [-0.2, 0) is 29.0 Å². The molecule has 0 saturated carbocycles. The van der Waals surface area contributed by atoms with E-state index in [-0.39, 0.29) is 24.0 Å². The fourth-order valence-electron chi connectivity index (χ4n) is 4.62. The van der Waals surface area contributed by atoms with Gasteiger partial charge in [0.1, 0.15) is 0 Å². The number of guanidine groups is 1. The van der Waals surface area contributed by atoms with Crippen molar-refractivity contribution < 1.29 is 9.47 Å². The number of piperidine rings is 1. The summed E-state index contributed by atoms with van der Waals surface area (Å²) < 4.78 is 11.4. The van der Waals surface area contributed by atoms with E-state index < -0.39 is 0 Å². The van der Waals surface area contributed by atoms with Gasteiger partial charge in [0.25, 0.3) is 0 Å². The molecule has 0 atom stereocenters. The van der Waals surface area contributed by atoms with Crippen LogP contribution in [0.5, 0.6) is 0 Å². The number of ether oxygens (including phenoxy) is 2. The van der Waals surface area contributed by atoms with Crippen molar-refractivity contribution in [3.8, 4) is 0 Å². The van der Waals surface area contributed by atoms with Gasteiger partial charge in [0.2, 0.25) is 0 Å². The van der Waals surface area contributed by atoms with Crippen LogP contribution >= 0.6 is 24.0 Å². The molecule has 2 fully saturated rings. The first kappa shape index (κ1) is 26.0. The van der Waals surface area contributed by atoms with Crippen molar-refractivity contribution >= 4 is 29.9 Å². The molecule has 180 valence electrons. The van der Waals surface area contributed by atoms with Crippen LogP contribution in [0.1, 0.15) is 42.4 Å². The minimum Gasteiger partial charge on any atom is -0.381 e. The van der Waals surface area contributed by atoms with Crippen LogP contribution in [-0.4, -0.2) is 50.3 Å². The van der Waals surface area contributed by atoms with Gasteiger partial charge in [0.05, 0.1) is 12.7 Å². The Labute approximate surface area is 216 Å². The number of halogens is 1. The second-order valence-corrected chi connectivity index (χ2v) is 8.96.